The van der Waals surface area contributed by atoms with Crippen molar-refractivity contribution in [1.82, 2.24) is 14.9 Å². The second-order valence-electron chi connectivity index (χ2n) is 8.93. The number of imidazole rings is 1. The average molecular weight is 534 g/mol. The summed E-state index contributed by atoms with van der Waals surface area (Å²) in [6.45, 7) is 6.47. The van der Waals surface area contributed by atoms with Crippen LogP contribution in [-0.2, 0) is 13.0 Å². The molecule has 1 heterocycles. The number of amides is 1. The Kier molecular flexibility index (Phi) is 8.59. The number of hydrogen-bond donors (Lipinski definition) is 1. The van der Waals surface area contributed by atoms with Crippen LogP contribution in [0.2, 0.25) is 0 Å². The number of benzene rings is 3. The minimum absolute atomic E-state index is 0.0511. The first kappa shape index (κ1) is 25.0. The van der Waals surface area contributed by atoms with Crippen molar-refractivity contribution in [3.8, 4) is 5.75 Å². The summed E-state index contributed by atoms with van der Waals surface area (Å²) in [4.78, 5) is 17.2. The first-order valence-corrected chi connectivity index (χ1v) is 13.0. The van der Waals surface area contributed by atoms with Gasteiger partial charge in [0.05, 0.1) is 17.6 Å². The zero-order valence-corrected chi connectivity index (χ0v) is 21.9. The van der Waals surface area contributed by atoms with Crippen LogP contribution >= 0.6 is 15.9 Å². The number of halogens is 1. The van der Waals surface area contributed by atoms with Crippen molar-refractivity contribution in [3.05, 3.63) is 94.2 Å². The van der Waals surface area contributed by atoms with Crippen LogP contribution in [0.1, 0.15) is 54.4 Å². The normalized spacial score (nSPS) is 11.2. The molecule has 5 nitrogen and oxygen atoms in total. The molecule has 1 N–H and O–H groups in total. The van der Waals surface area contributed by atoms with Gasteiger partial charge in [0.25, 0.3) is 5.91 Å². The minimum atomic E-state index is -0.0511. The van der Waals surface area contributed by atoms with E-state index in [1.807, 2.05) is 36.4 Å². The van der Waals surface area contributed by atoms with E-state index in [1.54, 1.807) is 0 Å². The predicted molar refractivity (Wildman–Crippen MR) is 145 cm³/mol. The molecule has 0 bridgehead atoms. The summed E-state index contributed by atoms with van der Waals surface area (Å²) in [7, 11) is 0. The first-order chi connectivity index (χ1) is 17.0. The molecule has 4 rings (SSSR count). The van der Waals surface area contributed by atoms with Gasteiger partial charge in [-0.05, 0) is 66.8 Å². The molecular weight excluding hydrogens is 502 g/mol. The fraction of sp³-hybridized carbons (Fsp3) is 0.310. The lowest BCUT2D eigenvalue weighted by Crippen LogP contribution is -2.25. The van der Waals surface area contributed by atoms with Gasteiger partial charge in [-0.25, -0.2) is 4.98 Å². The van der Waals surface area contributed by atoms with E-state index in [0.717, 1.165) is 52.9 Å². The van der Waals surface area contributed by atoms with E-state index in [1.165, 1.54) is 5.56 Å². The summed E-state index contributed by atoms with van der Waals surface area (Å²) in [6, 6.07) is 23.9. The van der Waals surface area contributed by atoms with Gasteiger partial charge in [0.2, 0.25) is 0 Å². The van der Waals surface area contributed by atoms with E-state index in [-0.39, 0.29) is 5.91 Å². The Morgan fingerprint density at radius 3 is 2.54 bits per heavy atom. The molecule has 0 radical (unpaired) electrons. The Balaban J connectivity index is 1.34. The summed E-state index contributed by atoms with van der Waals surface area (Å²) >= 11 is 3.40. The molecule has 0 aliphatic rings. The SMILES string of the molecule is CC(C)c1ccccc1OCCCn1c(CCCNC(=O)c2ccc(Br)cc2)nc2ccccc21. The van der Waals surface area contributed by atoms with E-state index in [9.17, 15) is 4.79 Å². The highest BCUT2D eigenvalue weighted by atomic mass is 79.9. The number of aryl methyl sites for hydroxylation is 2. The molecule has 1 amide bonds. The van der Waals surface area contributed by atoms with E-state index in [2.05, 4.69) is 76.1 Å². The lowest BCUT2D eigenvalue weighted by atomic mass is 10.0. The van der Waals surface area contributed by atoms with Crippen LogP contribution in [-0.4, -0.2) is 28.6 Å². The number of carbonyl (C=O) groups excluding carboxylic acids is 1. The molecule has 0 saturated carbocycles. The lowest BCUT2D eigenvalue weighted by molar-refractivity contribution is 0.0953. The summed E-state index contributed by atoms with van der Waals surface area (Å²) in [5, 5.41) is 3.02. The van der Waals surface area contributed by atoms with Gasteiger partial charge >= 0.3 is 0 Å². The molecule has 1 aromatic heterocycles. The summed E-state index contributed by atoms with van der Waals surface area (Å²) in [5.74, 6) is 2.40. The highest BCUT2D eigenvalue weighted by Gasteiger charge is 2.12. The molecule has 0 saturated heterocycles. The van der Waals surface area contributed by atoms with Gasteiger partial charge in [0.1, 0.15) is 11.6 Å². The molecule has 0 aliphatic heterocycles. The monoisotopic (exact) mass is 533 g/mol. The van der Waals surface area contributed by atoms with Crippen molar-refractivity contribution < 1.29 is 9.53 Å². The Morgan fingerprint density at radius 2 is 1.74 bits per heavy atom. The third kappa shape index (κ3) is 6.51. The highest BCUT2D eigenvalue weighted by molar-refractivity contribution is 9.10. The molecule has 0 fully saturated rings. The van der Waals surface area contributed by atoms with Crippen LogP contribution < -0.4 is 10.1 Å². The second kappa shape index (κ2) is 12.0. The third-order valence-electron chi connectivity index (χ3n) is 6.03. The van der Waals surface area contributed by atoms with Crippen molar-refractivity contribution in [2.45, 2.75) is 45.6 Å². The van der Waals surface area contributed by atoms with Crippen LogP contribution in [0.5, 0.6) is 5.75 Å². The molecule has 4 aromatic rings. The van der Waals surface area contributed by atoms with Crippen molar-refractivity contribution >= 4 is 32.9 Å². The Hall–Kier alpha value is -3.12. The number of nitrogens with zero attached hydrogens (tertiary/aromatic N) is 2. The number of ether oxygens (including phenoxy) is 1. The summed E-state index contributed by atoms with van der Waals surface area (Å²) in [6.07, 6.45) is 2.51. The predicted octanol–water partition coefficient (Wildman–Crippen LogP) is 6.75. The molecule has 0 spiro atoms. The number of hydrogen-bond acceptors (Lipinski definition) is 3. The van der Waals surface area contributed by atoms with Crippen LogP contribution in [0.15, 0.2) is 77.3 Å². The zero-order valence-electron chi connectivity index (χ0n) is 20.3. The van der Waals surface area contributed by atoms with Gasteiger partial charge in [-0.1, -0.05) is 60.1 Å². The maximum atomic E-state index is 12.4. The Labute approximate surface area is 215 Å². The summed E-state index contributed by atoms with van der Waals surface area (Å²) < 4.78 is 9.39. The van der Waals surface area contributed by atoms with E-state index in [0.29, 0.717) is 24.6 Å². The molecular formula is C29H32BrN3O2. The molecule has 0 unspecified atom stereocenters. The van der Waals surface area contributed by atoms with Gasteiger partial charge in [-0.2, -0.15) is 0 Å². The van der Waals surface area contributed by atoms with Crippen molar-refractivity contribution in [2.75, 3.05) is 13.2 Å². The number of para-hydroxylation sites is 3. The molecule has 6 heteroatoms. The highest BCUT2D eigenvalue weighted by Crippen LogP contribution is 2.26. The number of rotatable bonds is 11. The van der Waals surface area contributed by atoms with Crippen molar-refractivity contribution in [1.29, 1.82) is 0 Å². The largest absolute Gasteiger partial charge is 0.493 e. The fourth-order valence-corrected chi connectivity index (χ4v) is 4.48. The number of carbonyl (C=O) groups is 1. The van der Waals surface area contributed by atoms with Crippen LogP contribution in [0.4, 0.5) is 0 Å². The third-order valence-corrected chi connectivity index (χ3v) is 6.56. The summed E-state index contributed by atoms with van der Waals surface area (Å²) in [5.41, 5.74) is 4.06. The smallest absolute Gasteiger partial charge is 0.251 e. The minimum Gasteiger partial charge on any atom is -0.493 e. The van der Waals surface area contributed by atoms with Crippen LogP contribution in [0, 0.1) is 0 Å². The molecule has 0 aliphatic carbocycles. The standard InChI is InChI=1S/C29H32BrN3O2/c1-21(2)24-9-3-6-12-27(24)35-20-8-19-33-26-11-5-4-10-25(26)32-28(33)13-7-18-31-29(34)22-14-16-23(30)17-15-22/h3-6,9-12,14-17,21H,7-8,13,18-20H2,1-2H3,(H,31,34). The number of aromatic nitrogens is 2. The molecule has 35 heavy (non-hydrogen) atoms. The lowest BCUT2D eigenvalue weighted by Gasteiger charge is -2.14. The van der Waals surface area contributed by atoms with Crippen LogP contribution in [0.3, 0.4) is 0 Å². The van der Waals surface area contributed by atoms with Gasteiger partial charge in [0, 0.05) is 29.5 Å². The molecule has 3 aromatic carbocycles. The molecule has 182 valence electrons. The van der Waals surface area contributed by atoms with E-state index in [4.69, 9.17) is 9.72 Å². The van der Waals surface area contributed by atoms with E-state index < -0.39 is 0 Å². The van der Waals surface area contributed by atoms with E-state index >= 15 is 0 Å². The van der Waals surface area contributed by atoms with Gasteiger partial charge in [-0.3, -0.25) is 4.79 Å². The van der Waals surface area contributed by atoms with Gasteiger partial charge < -0.3 is 14.6 Å². The Morgan fingerprint density at radius 1 is 1.00 bits per heavy atom. The zero-order chi connectivity index (χ0) is 24.6. The molecule has 0 atom stereocenters. The fourth-order valence-electron chi connectivity index (χ4n) is 4.21. The number of nitrogens with one attached hydrogen (secondary N) is 1. The maximum Gasteiger partial charge on any atom is 0.251 e. The van der Waals surface area contributed by atoms with Crippen LogP contribution in [0.25, 0.3) is 11.0 Å². The van der Waals surface area contributed by atoms with Gasteiger partial charge in [-0.15, -0.1) is 0 Å². The van der Waals surface area contributed by atoms with Crippen molar-refractivity contribution in [3.63, 3.8) is 0 Å². The van der Waals surface area contributed by atoms with Gasteiger partial charge in [0.15, 0.2) is 0 Å². The average Bonchev–Trinajstić information content (AvgIpc) is 3.22. The number of fused-ring (bicyclic) bond motifs is 1. The second-order valence-corrected chi connectivity index (χ2v) is 9.84. The Bertz CT molecular complexity index is 1260. The topological polar surface area (TPSA) is 56.1 Å². The van der Waals surface area contributed by atoms with Crippen molar-refractivity contribution in [2.24, 2.45) is 0 Å². The first-order valence-electron chi connectivity index (χ1n) is 12.2. The quantitative estimate of drug-likeness (QED) is 0.217. The maximum absolute atomic E-state index is 12.4.